The molecule has 3 rings (SSSR count). The number of oxime groups is 1. The van der Waals surface area contributed by atoms with E-state index in [1.165, 1.54) is 0 Å². The smallest absolute Gasteiger partial charge is 0.270 e. The van der Waals surface area contributed by atoms with Crippen LogP contribution in [0.4, 0.5) is 14.5 Å². The van der Waals surface area contributed by atoms with Gasteiger partial charge in [0.1, 0.15) is 24.5 Å². The molecule has 2 aromatic rings. The first kappa shape index (κ1) is 19.2. The molecule has 0 fully saturated rings. The number of anilines is 1. The minimum Gasteiger partial charge on any atom is -0.396 e. The number of halogens is 2. The zero-order valence-electron chi connectivity index (χ0n) is 14.5. The number of nitrogens with zero attached hydrogens (tertiary/aromatic N) is 2. The van der Waals surface area contributed by atoms with E-state index in [9.17, 15) is 23.2 Å². The van der Waals surface area contributed by atoms with Gasteiger partial charge in [-0.25, -0.2) is 8.78 Å². The summed E-state index contributed by atoms with van der Waals surface area (Å²) in [6.45, 7) is 0.205. The van der Waals surface area contributed by atoms with Crippen LogP contribution < -0.4 is 5.32 Å². The number of hydrogen-bond acceptors (Lipinski definition) is 5. The summed E-state index contributed by atoms with van der Waals surface area (Å²) in [5.74, 6) is -3.14. The minimum absolute atomic E-state index is 0.0576. The number of amides is 3. The summed E-state index contributed by atoms with van der Waals surface area (Å²) in [5, 5.41) is 5.62. The van der Waals surface area contributed by atoms with Crippen LogP contribution >= 0.6 is 0 Å². The van der Waals surface area contributed by atoms with E-state index in [1.807, 2.05) is 0 Å². The van der Waals surface area contributed by atoms with Crippen molar-refractivity contribution in [1.29, 1.82) is 0 Å². The quantitative estimate of drug-likeness (QED) is 0.342. The van der Waals surface area contributed by atoms with Crippen molar-refractivity contribution in [2.24, 2.45) is 5.16 Å². The van der Waals surface area contributed by atoms with Gasteiger partial charge in [-0.05, 0) is 24.3 Å². The topological polar surface area (TPSA) is 88.1 Å². The van der Waals surface area contributed by atoms with Gasteiger partial charge < -0.3 is 10.2 Å². The molecule has 144 valence electrons. The predicted octanol–water partition coefficient (Wildman–Crippen LogP) is 2.59. The van der Waals surface area contributed by atoms with E-state index < -0.39 is 17.5 Å². The van der Waals surface area contributed by atoms with Crippen molar-refractivity contribution in [1.82, 2.24) is 4.90 Å². The fraction of sp³-hybridized carbons (Fsp3) is 0.158. The zero-order chi connectivity index (χ0) is 20.1. The average molecular weight is 387 g/mol. The van der Waals surface area contributed by atoms with Crippen molar-refractivity contribution in [2.45, 2.75) is 6.42 Å². The van der Waals surface area contributed by atoms with E-state index in [1.54, 1.807) is 24.3 Å². The third kappa shape index (κ3) is 4.20. The molecule has 28 heavy (non-hydrogen) atoms. The summed E-state index contributed by atoms with van der Waals surface area (Å²) < 4.78 is 26.2. The number of fused-ring (bicyclic) bond motifs is 1. The number of imide groups is 1. The number of carbonyl (C=O) groups is 3. The second-order valence-electron chi connectivity index (χ2n) is 5.84. The molecule has 0 radical (unpaired) electrons. The van der Waals surface area contributed by atoms with Gasteiger partial charge in [0, 0.05) is 19.0 Å². The highest BCUT2D eigenvalue weighted by atomic mass is 19.1. The summed E-state index contributed by atoms with van der Waals surface area (Å²) in [6, 6.07) is 9.30. The second-order valence-corrected chi connectivity index (χ2v) is 5.84. The highest BCUT2D eigenvalue weighted by Gasteiger charge is 2.34. The lowest BCUT2D eigenvalue weighted by atomic mass is 10.1. The first-order chi connectivity index (χ1) is 13.5. The molecule has 0 aromatic heterocycles. The molecular weight excluding hydrogens is 372 g/mol. The van der Waals surface area contributed by atoms with Gasteiger partial charge in [-0.1, -0.05) is 17.3 Å². The summed E-state index contributed by atoms with van der Waals surface area (Å²) in [5.41, 5.74) is 0.552. The molecule has 1 aliphatic rings. The Bertz CT molecular complexity index is 927. The van der Waals surface area contributed by atoms with Gasteiger partial charge in [-0.15, -0.1) is 0 Å². The van der Waals surface area contributed by atoms with Crippen LogP contribution in [0.1, 0.15) is 27.1 Å². The number of rotatable bonds is 7. The van der Waals surface area contributed by atoms with E-state index in [0.717, 1.165) is 23.2 Å². The summed E-state index contributed by atoms with van der Waals surface area (Å²) >= 11 is 0. The first-order valence-electron chi connectivity index (χ1n) is 8.34. The molecule has 1 heterocycles. The number of hydrogen-bond donors (Lipinski definition) is 1. The highest BCUT2D eigenvalue weighted by molar-refractivity contribution is 6.31. The van der Waals surface area contributed by atoms with E-state index in [-0.39, 0.29) is 30.7 Å². The maximum atomic E-state index is 13.4. The van der Waals surface area contributed by atoms with Crippen LogP contribution in [0.3, 0.4) is 0 Å². The Morgan fingerprint density at radius 1 is 1.11 bits per heavy atom. The predicted molar refractivity (Wildman–Crippen MR) is 95.9 cm³/mol. The summed E-state index contributed by atoms with van der Waals surface area (Å²) in [6.07, 6.45) is 1.11. The molecule has 1 aliphatic heterocycles. The maximum absolute atomic E-state index is 13.4. The lowest BCUT2D eigenvalue weighted by Crippen LogP contribution is -2.31. The normalized spacial score (nSPS) is 13.1. The second kappa shape index (κ2) is 8.38. The molecule has 2 aromatic carbocycles. The Balaban J connectivity index is 1.41. The standard InChI is InChI=1S/C19H15F2N3O4/c20-12-6-7-16(15(21)10-12)23-17(25)11-22-28-9-3-8-24-18(26)13-4-1-2-5-14(13)19(24)27/h1-2,4-7,10-11H,3,8-9H2,(H,23,25). The van der Waals surface area contributed by atoms with E-state index >= 15 is 0 Å². The Morgan fingerprint density at radius 3 is 2.43 bits per heavy atom. The molecule has 0 saturated carbocycles. The molecule has 9 heteroatoms. The van der Waals surface area contributed by atoms with Crippen molar-refractivity contribution < 1.29 is 28.0 Å². The lowest BCUT2D eigenvalue weighted by molar-refractivity contribution is -0.110. The van der Waals surface area contributed by atoms with Gasteiger partial charge in [0.2, 0.25) is 0 Å². The third-order valence-corrected chi connectivity index (χ3v) is 3.93. The van der Waals surface area contributed by atoms with Crippen molar-refractivity contribution in [3.8, 4) is 0 Å². The Labute approximate surface area is 158 Å². The largest absolute Gasteiger partial charge is 0.396 e. The van der Waals surface area contributed by atoms with Crippen LogP contribution in [0, 0.1) is 11.6 Å². The zero-order valence-corrected chi connectivity index (χ0v) is 14.5. The first-order valence-corrected chi connectivity index (χ1v) is 8.34. The van der Waals surface area contributed by atoms with Crippen LogP contribution in [-0.4, -0.2) is 42.0 Å². The van der Waals surface area contributed by atoms with Crippen molar-refractivity contribution in [2.75, 3.05) is 18.5 Å². The van der Waals surface area contributed by atoms with Gasteiger partial charge in [-0.2, -0.15) is 0 Å². The Kier molecular flexibility index (Phi) is 5.73. The molecule has 7 nitrogen and oxygen atoms in total. The van der Waals surface area contributed by atoms with E-state index in [0.29, 0.717) is 23.6 Å². The van der Waals surface area contributed by atoms with E-state index in [4.69, 9.17) is 4.84 Å². The average Bonchev–Trinajstić information content (AvgIpc) is 2.92. The molecular formula is C19H15F2N3O4. The minimum atomic E-state index is -0.913. The Hall–Kier alpha value is -3.62. The van der Waals surface area contributed by atoms with Crippen LogP contribution in [0.25, 0.3) is 0 Å². The number of nitrogens with one attached hydrogen (secondary N) is 1. The van der Waals surface area contributed by atoms with Crippen LogP contribution in [-0.2, 0) is 9.63 Å². The van der Waals surface area contributed by atoms with Crippen molar-refractivity contribution >= 4 is 29.6 Å². The fourth-order valence-electron chi connectivity index (χ4n) is 2.62. The summed E-state index contributed by atoms with van der Waals surface area (Å²) in [7, 11) is 0. The highest BCUT2D eigenvalue weighted by Crippen LogP contribution is 2.22. The monoisotopic (exact) mass is 387 g/mol. The van der Waals surface area contributed by atoms with E-state index in [2.05, 4.69) is 10.5 Å². The molecule has 0 saturated heterocycles. The lowest BCUT2D eigenvalue weighted by Gasteiger charge is -2.12. The fourth-order valence-corrected chi connectivity index (χ4v) is 2.62. The SMILES string of the molecule is O=C(C=NOCCCN1C(=O)c2ccccc2C1=O)Nc1ccc(F)cc1F. The molecule has 0 aliphatic carbocycles. The van der Waals surface area contributed by atoms with Crippen LogP contribution in [0.15, 0.2) is 47.6 Å². The molecule has 3 amide bonds. The van der Waals surface area contributed by atoms with Gasteiger partial charge in [0.15, 0.2) is 0 Å². The molecule has 0 bridgehead atoms. The van der Waals surface area contributed by atoms with Crippen LogP contribution in [0.2, 0.25) is 0 Å². The maximum Gasteiger partial charge on any atom is 0.270 e. The number of benzene rings is 2. The summed E-state index contributed by atoms with van der Waals surface area (Å²) in [4.78, 5) is 42.0. The Morgan fingerprint density at radius 2 is 1.79 bits per heavy atom. The van der Waals surface area contributed by atoms with Gasteiger partial charge >= 0.3 is 0 Å². The molecule has 1 N–H and O–H groups in total. The van der Waals surface area contributed by atoms with Crippen molar-refractivity contribution in [3.05, 3.63) is 65.2 Å². The van der Waals surface area contributed by atoms with Gasteiger partial charge in [-0.3, -0.25) is 19.3 Å². The van der Waals surface area contributed by atoms with Gasteiger partial charge in [0.05, 0.1) is 16.8 Å². The third-order valence-electron chi connectivity index (χ3n) is 3.93. The van der Waals surface area contributed by atoms with Crippen molar-refractivity contribution in [3.63, 3.8) is 0 Å². The number of carbonyl (C=O) groups excluding carboxylic acids is 3. The molecule has 0 unspecified atom stereocenters. The van der Waals surface area contributed by atoms with Gasteiger partial charge in [0.25, 0.3) is 17.7 Å². The van der Waals surface area contributed by atoms with Crippen LogP contribution in [0.5, 0.6) is 0 Å². The molecule has 0 atom stereocenters. The molecule has 0 spiro atoms.